The molecule has 0 saturated carbocycles. The molecule has 45 heavy (non-hydrogen) atoms. The molecule has 2 aromatic heterocycles. The number of alkyl halides is 4. The molecule has 0 spiro atoms. The van der Waals surface area contributed by atoms with E-state index in [0.29, 0.717) is 32.7 Å². The van der Waals surface area contributed by atoms with Gasteiger partial charge in [-0.05, 0) is 59.8 Å². The van der Waals surface area contributed by atoms with Crippen LogP contribution >= 0.6 is 11.8 Å². The van der Waals surface area contributed by atoms with Crippen LogP contribution in [-0.2, 0) is 19.6 Å². The molecule has 14 heteroatoms. The summed E-state index contributed by atoms with van der Waals surface area (Å²) in [5.74, 6) is -4.54. The molecule has 0 aliphatic carbocycles. The molecule has 0 atom stereocenters. The molecular weight excluding hydrogens is 619 g/mol. The van der Waals surface area contributed by atoms with E-state index in [9.17, 15) is 22.7 Å². The minimum atomic E-state index is -3.86. The van der Waals surface area contributed by atoms with Crippen molar-refractivity contribution >= 4 is 11.8 Å². The van der Waals surface area contributed by atoms with Crippen LogP contribution < -0.4 is 9.47 Å². The maximum absolute atomic E-state index is 15.0. The minimum Gasteiger partial charge on any atom is -0.440 e. The maximum Gasteiger partial charge on any atom is 0.586 e. The first-order chi connectivity index (χ1) is 21.3. The zero-order valence-corrected chi connectivity index (χ0v) is 24.5. The van der Waals surface area contributed by atoms with E-state index in [2.05, 4.69) is 19.6 Å². The van der Waals surface area contributed by atoms with E-state index in [4.69, 9.17) is 9.68 Å². The number of fused-ring (bicyclic) bond motifs is 1. The standard InChI is InChI=1S/C31H21F5N4O4S/c1-15-38-28(17-5-7-24-25(10-17)44-31(35,36)43-24)29(42-15)20-8-16(18-9-22(32)21(13-41)26(11-18)45-3)4-6-19(20)23-12-27(39-40(23)2)30(33,34)14-37/h4-12,41H,13H2,1-3H3. The molecule has 1 aliphatic rings. The molecule has 3 aromatic carbocycles. The fourth-order valence-corrected chi connectivity index (χ4v) is 5.73. The van der Waals surface area contributed by atoms with Crippen molar-refractivity contribution in [1.29, 1.82) is 5.26 Å². The number of aliphatic hydroxyl groups is 1. The molecule has 5 aromatic rings. The van der Waals surface area contributed by atoms with Crippen molar-refractivity contribution in [2.75, 3.05) is 6.26 Å². The summed E-state index contributed by atoms with van der Waals surface area (Å²) in [5.41, 5.74) is 1.72. The van der Waals surface area contributed by atoms with Gasteiger partial charge in [-0.15, -0.1) is 20.5 Å². The topological polar surface area (TPSA) is 106 Å². The van der Waals surface area contributed by atoms with Crippen LogP contribution in [0.3, 0.4) is 0 Å². The summed E-state index contributed by atoms with van der Waals surface area (Å²) in [6, 6.07) is 14.0. The highest BCUT2D eigenvalue weighted by Gasteiger charge is 2.43. The number of aromatic nitrogens is 3. The first kappa shape index (κ1) is 30.2. The summed E-state index contributed by atoms with van der Waals surface area (Å²) in [7, 11) is 1.43. The quantitative estimate of drug-likeness (QED) is 0.143. The van der Waals surface area contributed by atoms with Crippen molar-refractivity contribution in [1.82, 2.24) is 14.8 Å². The van der Waals surface area contributed by atoms with Crippen molar-refractivity contribution in [2.45, 2.75) is 30.6 Å². The van der Waals surface area contributed by atoms with Gasteiger partial charge in [-0.1, -0.05) is 12.1 Å². The fraction of sp³-hybridized carbons (Fsp3) is 0.194. The van der Waals surface area contributed by atoms with E-state index in [-0.39, 0.29) is 40.1 Å². The van der Waals surface area contributed by atoms with Crippen LogP contribution in [0.4, 0.5) is 22.0 Å². The van der Waals surface area contributed by atoms with Crippen molar-refractivity contribution in [3.63, 3.8) is 0 Å². The number of aliphatic hydroxyl groups excluding tert-OH is 1. The van der Waals surface area contributed by atoms with Gasteiger partial charge in [0.1, 0.15) is 23.3 Å². The number of benzene rings is 3. The molecule has 0 saturated heterocycles. The SMILES string of the molecule is CSc1cc(-c2ccc(-c3cc(C(F)(F)C#N)nn3C)c(-c3oc(C)nc3-c3ccc4c(c3)OC(F)(F)O4)c2)cc(F)c1CO. The molecule has 0 fully saturated rings. The lowest BCUT2D eigenvalue weighted by atomic mass is 9.93. The lowest BCUT2D eigenvalue weighted by Crippen LogP contribution is -2.25. The lowest BCUT2D eigenvalue weighted by Gasteiger charge is -2.14. The van der Waals surface area contributed by atoms with Gasteiger partial charge in [-0.3, -0.25) is 4.68 Å². The van der Waals surface area contributed by atoms with E-state index < -0.39 is 30.3 Å². The molecule has 230 valence electrons. The van der Waals surface area contributed by atoms with Crippen LogP contribution in [0.25, 0.3) is 45.0 Å². The Morgan fingerprint density at radius 2 is 1.73 bits per heavy atom. The number of rotatable bonds is 7. The molecule has 0 radical (unpaired) electrons. The van der Waals surface area contributed by atoms with Crippen molar-refractivity contribution in [3.8, 4) is 62.5 Å². The van der Waals surface area contributed by atoms with Gasteiger partial charge in [0.2, 0.25) is 0 Å². The molecule has 1 aliphatic heterocycles. The highest BCUT2D eigenvalue weighted by Crippen LogP contribution is 2.46. The Labute approximate surface area is 256 Å². The molecule has 0 unspecified atom stereocenters. The average molecular weight is 641 g/mol. The normalized spacial score (nSPS) is 13.7. The van der Waals surface area contributed by atoms with Crippen LogP contribution in [0, 0.1) is 24.1 Å². The summed E-state index contributed by atoms with van der Waals surface area (Å²) in [6.45, 7) is 1.08. The van der Waals surface area contributed by atoms with Gasteiger partial charge in [0, 0.05) is 41.1 Å². The Morgan fingerprint density at radius 1 is 1.00 bits per heavy atom. The zero-order chi connectivity index (χ0) is 32.3. The van der Waals surface area contributed by atoms with Gasteiger partial charge < -0.3 is 19.0 Å². The van der Waals surface area contributed by atoms with Gasteiger partial charge in [0.15, 0.2) is 23.1 Å². The Morgan fingerprint density at radius 3 is 2.44 bits per heavy atom. The van der Waals surface area contributed by atoms with E-state index in [1.165, 1.54) is 47.8 Å². The number of nitrogens with zero attached hydrogens (tertiary/aromatic N) is 4. The van der Waals surface area contributed by atoms with Crippen LogP contribution in [0.15, 0.2) is 63.9 Å². The van der Waals surface area contributed by atoms with Crippen LogP contribution in [0.1, 0.15) is 17.1 Å². The number of nitriles is 1. The fourth-order valence-electron chi connectivity index (χ4n) is 5.08. The predicted octanol–water partition coefficient (Wildman–Crippen LogP) is 7.67. The summed E-state index contributed by atoms with van der Waals surface area (Å²) in [6.07, 6.45) is -2.10. The van der Waals surface area contributed by atoms with Crippen LogP contribution in [-0.4, -0.2) is 32.4 Å². The highest BCUT2D eigenvalue weighted by molar-refractivity contribution is 7.98. The Balaban J connectivity index is 1.58. The number of oxazole rings is 1. The number of hydrogen-bond acceptors (Lipinski definition) is 8. The molecule has 3 heterocycles. The third kappa shape index (κ3) is 5.38. The second kappa shape index (κ2) is 10.9. The summed E-state index contributed by atoms with van der Waals surface area (Å²) in [4.78, 5) is 4.99. The number of ether oxygens (including phenoxy) is 2. The van der Waals surface area contributed by atoms with Crippen molar-refractivity contribution in [2.24, 2.45) is 7.05 Å². The molecule has 6 rings (SSSR count). The molecule has 0 bridgehead atoms. The van der Waals surface area contributed by atoms with Crippen LogP contribution in [0.2, 0.25) is 0 Å². The van der Waals surface area contributed by atoms with Gasteiger partial charge in [-0.2, -0.15) is 19.1 Å². The van der Waals surface area contributed by atoms with Gasteiger partial charge in [-0.25, -0.2) is 9.37 Å². The number of thioether (sulfide) groups is 1. The molecule has 8 nitrogen and oxygen atoms in total. The second-order valence-corrected chi connectivity index (χ2v) is 10.9. The highest BCUT2D eigenvalue weighted by atomic mass is 32.2. The Hall–Kier alpha value is -4.87. The average Bonchev–Trinajstić information content (AvgIpc) is 3.68. The van der Waals surface area contributed by atoms with E-state index >= 15 is 4.39 Å². The number of hydrogen-bond donors (Lipinski definition) is 1. The largest absolute Gasteiger partial charge is 0.586 e. The van der Waals surface area contributed by atoms with E-state index in [0.717, 1.165) is 12.1 Å². The number of aryl methyl sites for hydroxylation is 2. The Kier molecular flexibility index (Phi) is 7.33. The predicted molar refractivity (Wildman–Crippen MR) is 153 cm³/mol. The maximum atomic E-state index is 15.0. The molecular formula is C31H21F5N4O4S. The summed E-state index contributed by atoms with van der Waals surface area (Å²) < 4.78 is 87.5. The zero-order valence-electron chi connectivity index (χ0n) is 23.7. The smallest absolute Gasteiger partial charge is 0.440 e. The second-order valence-electron chi connectivity index (χ2n) is 10.0. The lowest BCUT2D eigenvalue weighted by molar-refractivity contribution is -0.286. The van der Waals surface area contributed by atoms with Crippen molar-refractivity contribution in [3.05, 3.63) is 77.6 Å². The Bertz CT molecular complexity index is 2020. The first-order valence-corrected chi connectivity index (χ1v) is 14.4. The van der Waals surface area contributed by atoms with Crippen molar-refractivity contribution < 1.29 is 40.9 Å². The van der Waals surface area contributed by atoms with Crippen LogP contribution in [0.5, 0.6) is 11.5 Å². The monoisotopic (exact) mass is 640 g/mol. The summed E-state index contributed by atoms with van der Waals surface area (Å²) in [5, 5.41) is 22.5. The van der Waals surface area contributed by atoms with Gasteiger partial charge >= 0.3 is 12.2 Å². The third-order valence-electron chi connectivity index (χ3n) is 7.16. The first-order valence-electron chi connectivity index (χ1n) is 13.2. The summed E-state index contributed by atoms with van der Waals surface area (Å²) >= 11 is 1.25. The molecule has 1 N–H and O–H groups in total. The number of halogens is 5. The molecule has 0 amide bonds. The van der Waals surface area contributed by atoms with Gasteiger partial charge in [0.25, 0.3) is 0 Å². The van der Waals surface area contributed by atoms with E-state index in [1.807, 2.05) is 0 Å². The third-order valence-corrected chi connectivity index (χ3v) is 7.96. The van der Waals surface area contributed by atoms with E-state index in [1.54, 1.807) is 37.4 Å². The minimum absolute atomic E-state index is 0.141. The van der Waals surface area contributed by atoms with Gasteiger partial charge in [0.05, 0.1) is 12.3 Å².